The van der Waals surface area contributed by atoms with Crippen LogP contribution in [0.1, 0.15) is 17.7 Å². The average Bonchev–Trinajstić information content (AvgIpc) is 2.62. The molecule has 1 aromatic heterocycles. The first-order valence-corrected chi connectivity index (χ1v) is 4.98. The zero-order chi connectivity index (χ0) is 9.26. The van der Waals surface area contributed by atoms with Crippen LogP contribution in [-0.4, -0.2) is 17.2 Å². The lowest BCUT2D eigenvalue weighted by Crippen LogP contribution is -2.01. The second-order valence-corrected chi connectivity index (χ2v) is 3.89. The van der Waals surface area contributed by atoms with Crippen LogP contribution in [0.3, 0.4) is 0 Å². The Morgan fingerprint density at radius 2 is 2.38 bits per heavy atom. The van der Waals surface area contributed by atoms with Crippen LogP contribution >= 0.6 is 15.9 Å². The van der Waals surface area contributed by atoms with E-state index in [1.54, 1.807) is 0 Å². The summed E-state index contributed by atoms with van der Waals surface area (Å²) in [6.45, 7) is 2.98. The van der Waals surface area contributed by atoms with Gasteiger partial charge in [-0.05, 0) is 34.5 Å². The molecule has 0 aliphatic carbocycles. The van der Waals surface area contributed by atoms with Gasteiger partial charge >= 0.3 is 0 Å². The van der Waals surface area contributed by atoms with E-state index < -0.39 is 0 Å². The highest BCUT2D eigenvalue weighted by Crippen LogP contribution is 2.16. The van der Waals surface area contributed by atoms with Crippen LogP contribution in [-0.2, 0) is 0 Å². The number of hydrazone groups is 1. The van der Waals surface area contributed by atoms with E-state index in [1.807, 2.05) is 6.20 Å². The first-order valence-electron chi connectivity index (χ1n) is 4.19. The molecule has 0 spiro atoms. The molecular weight excluding hydrogens is 230 g/mol. The summed E-state index contributed by atoms with van der Waals surface area (Å²) >= 11 is 3.42. The van der Waals surface area contributed by atoms with Gasteiger partial charge in [0.05, 0.1) is 11.4 Å². The molecule has 0 amide bonds. The van der Waals surface area contributed by atoms with Crippen LogP contribution in [0.2, 0.25) is 0 Å². The van der Waals surface area contributed by atoms with Gasteiger partial charge in [0.2, 0.25) is 0 Å². The van der Waals surface area contributed by atoms with Crippen molar-refractivity contribution in [2.75, 3.05) is 6.54 Å². The van der Waals surface area contributed by atoms with Crippen LogP contribution in [0.25, 0.3) is 0 Å². The van der Waals surface area contributed by atoms with Crippen LogP contribution in [0, 0.1) is 6.92 Å². The number of hydrogen-bond donors (Lipinski definition) is 1. The number of rotatable bonds is 1. The Hall–Kier alpha value is -0.900. The lowest BCUT2D eigenvalue weighted by molar-refractivity contribution is 0.813. The summed E-state index contributed by atoms with van der Waals surface area (Å²) in [6, 6.07) is 2.05. The topological polar surface area (TPSA) is 37.3 Å². The molecule has 13 heavy (non-hydrogen) atoms. The summed E-state index contributed by atoms with van der Waals surface area (Å²) < 4.78 is 1.04. The Bertz CT molecular complexity index is 360. The van der Waals surface area contributed by atoms with Crippen molar-refractivity contribution in [3.05, 3.63) is 28.0 Å². The quantitative estimate of drug-likeness (QED) is 0.813. The molecule has 3 nitrogen and oxygen atoms in total. The molecule has 0 unspecified atom stereocenters. The first-order chi connectivity index (χ1) is 6.27. The molecule has 0 fully saturated rings. The van der Waals surface area contributed by atoms with Crippen LogP contribution in [0.15, 0.2) is 21.8 Å². The summed E-state index contributed by atoms with van der Waals surface area (Å²) in [7, 11) is 0. The minimum Gasteiger partial charge on any atom is -0.309 e. The van der Waals surface area contributed by atoms with E-state index in [9.17, 15) is 0 Å². The van der Waals surface area contributed by atoms with Gasteiger partial charge in [-0.3, -0.25) is 4.98 Å². The molecule has 0 atom stereocenters. The normalized spacial score (nSPS) is 15.4. The Balaban J connectivity index is 2.36. The van der Waals surface area contributed by atoms with Gasteiger partial charge in [-0.15, -0.1) is 0 Å². The Morgan fingerprint density at radius 3 is 3.00 bits per heavy atom. The zero-order valence-electron chi connectivity index (χ0n) is 7.34. The van der Waals surface area contributed by atoms with Gasteiger partial charge in [0.15, 0.2) is 0 Å². The fraction of sp³-hybridized carbons (Fsp3) is 0.333. The summed E-state index contributed by atoms with van der Waals surface area (Å²) in [5.41, 5.74) is 6.16. The third-order valence-electron chi connectivity index (χ3n) is 2.03. The molecule has 2 heterocycles. The molecule has 0 saturated carbocycles. The van der Waals surface area contributed by atoms with Crippen molar-refractivity contribution in [1.82, 2.24) is 10.4 Å². The molecule has 4 heteroatoms. The lowest BCUT2D eigenvalue weighted by Gasteiger charge is -2.01. The summed E-state index contributed by atoms with van der Waals surface area (Å²) in [4.78, 5) is 4.30. The smallest absolute Gasteiger partial charge is 0.0877 e. The number of aryl methyl sites for hydroxylation is 1. The summed E-state index contributed by atoms with van der Waals surface area (Å²) in [5.74, 6) is 0. The maximum absolute atomic E-state index is 4.30. The van der Waals surface area contributed by atoms with Gasteiger partial charge in [0.1, 0.15) is 0 Å². The molecule has 68 valence electrons. The Morgan fingerprint density at radius 1 is 1.54 bits per heavy atom. The largest absolute Gasteiger partial charge is 0.309 e. The number of halogens is 1. The highest BCUT2D eigenvalue weighted by molar-refractivity contribution is 9.10. The third-order valence-corrected chi connectivity index (χ3v) is 2.86. The van der Waals surface area contributed by atoms with Crippen LogP contribution in [0.4, 0.5) is 0 Å². The molecule has 1 aliphatic rings. The Labute approximate surface area is 85.4 Å². The van der Waals surface area contributed by atoms with Gasteiger partial charge in [0, 0.05) is 23.6 Å². The predicted molar refractivity (Wildman–Crippen MR) is 55.8 cm³/mol. The number of pyridine rings is 1. The van der Waals surface area contributed by atoms with Gasteiger partial charge in [0.25, 0.3) is 0 Å². The van der Waals surface area contributed by atoms with Crippen molar-refractivity contribution in [3.63, 3.8) is 0 Å². The molecule has 1 aromatic rings. The van der Waals surface area contributed by atoms with Crippen molar-refractivity contribution < 1.29 is 0 Å². The van der Waals surface area contributed by atoms with Crippen molar-refractivity contribution in [1.29, 1.82) is 0 Å². The zero-order valence-corrected chi connectivity index (χ0v) is 8.93. The molecule has 0 saturated heterocycles. The number of nitrogens with zero attached hydrogens (tertiary/aromatic N) is 2. The van der Waals surface area contributed by atoms with Crippen molar-refractivity contribution in [2.24, 2.45) is 5.10 Å². The monoisotopic (exact) mass is 239 g/mol. The van der Waals surface area contributed by atoms with Gasteiger partial charge < -0.3 is 5.43 Å². The number of aromatic nitrogens is 1. The molecule has 1 aliphatic heterocycles. The molecule has 2 rings (SSSR count). The highest BCUT2D eigenvalue weighted by Gasteiger charge is 2.10. The van der Waals surface area contributed by atoms with Crippen LogP contribution in [0.5, 0.6) is 0 Å². The maximum atomic E-state index is 4.30. The number of hydrogen-bond acceptors (Lipinski definition) is 3. The molecular formula is C9H10BrN3. The lowest BCUT2D eigenvalue weighted by atomic mass is 10.1. The second kappa shape index (κ2) is 3.46. The van der Waals surface area contributed by atoms with Gasteiger partial charge in [-0.25, -0.2) is 0 Å². The van der Waals surface area contributed by atoms with Crippen molar-refractivity contribution >= 4 is 21.6 Å². The maximum Gasteiger partial charge on any atom is 0.0877 e. The minimum atomic E-state index is 0.923. The molecule has 1 N–H and O–H groups in total. The average molecular weight is 240 g/mol. The molecule has 0 radical (unpaired) electrons. The molecule has 0 bridgehead atoms. The summed E-state index contributed by atoms with van der Waals surface area (Å²) in [5, 5.41) is 4.17. The van der Waals surface area contributed by atoms with Gasteiger partial charge in [-0.2, -0.15) is 5.10 Å². The number of nitrogens with one attached hydrogen (secondary N) is 1. The summed E-state index contributed by atoms with van der Waals surface area (Å²) in [6.07, 6.45) is 2.79. The van der Waals surface area contributed by atoms with Crippen molar-refractivity contribution in [3.8, 4) is 0 Å². The first kappa shape index (κ1) is 8.69. The fourth-order valence-corrected chi connectivity index (χ4v) is 1.48. The van der Waals surface area contributed by atoms with E-state index in [1.165, 1.54) is 5.56 Å². The van der Waals surface area contributed by atoms with Crippen molar-refractivity contribution in [2.45, 2.75) is 13.3 Å². The van der Waals surface area contributed by atoms with E-state index in [2.05, 4.69) is 44.4 Å². The van der Waals surface area contributed by atoms with E-state index in [-0.39, 0.29) is 0 Å². The molecule has 0 aromatic carbocycles. The standard InChI is InChI=1S/C9H10BrN3/c1-6-4-9(11-5-7(6)10)8-2-3-12-13-8/h4-5,12H,2-3H2,1H3. The van der Waals surface area contributed by atoms with E-state index in [4.69, 9.17) is 0 Å². The van der Waals surface area contributed by atoms with E-state index >= 15 is 0 Å². The predicted octanol–water partition coefficient (Wildman–Crippen LogP) is 1.85. The van der Waals surface area contributed by atoms with E-state index in [0.717, 1.165) is 28.8 Å². The minimum absolute atomic E-state index is 0.923. The van der Waals surface area contributed by atoms with Gasteiger partial charge in [-0.1, -0.05) is 0 Å². The van der Waals surface area contributed by atoms with Crippen LogP contribution < -0.4 is 5.43 Å². The Kier molecular flexibility index (Phi) is 2.31. The van der Waals surface area contributed by atoms with E-state index in [0.29, 0.717) is 0 Å². The second-order valence-electron chi connectivity index (χ2n) is 3.04. The SMILES string of the molecule is Cc1cc(C2=NNCC2)ncc1Br. The third kappa shape index (κ3) is 1.72. The fourth-order valence-electron chi connectivity index (χ4n) is 1.26. The highest BCUT2D eigenvalue weighted by atomic mass is 79.9.